The number of carbonyl (C=O) groups is 1. The van der Waals surface area contributed by atoms with Crippen molar-refractivity contribution < 1.29 is 14.3 Å². The highest BCUT2D eigenvalue weighted by Gasteiger charge is 2.10. The van der Waals surface area contributed by atoms with Crippen molar-refractivity contribution in [3.63, 3.8) is 0 Å². The summed E-state index contributed by atoms with van der Waals surface area (Å²) in [5.41, 5.74) is 2.14. The summed E-state index contributed by atoms with van der Waals surface area (Å²) in [6.07, 6.45) is 2.13. The van der Waals surface area contributed by atoms with Crippen LogP contribution in [0.5, 0.6) is 11.5 Å². The van der Waals surface area contributed by atoms with Gasteiger partial charge in [0, 0.05) is 18.8 Å². The first kappa shape index (κ1) is 20.8. The molecule has 146 valence electrons. The second-order valence-corrected chi connectivity index (χ2v) is 6.19. The van der Waals surface area contributed by atoms with Crippen molar-refractivity contribution in [3.8, 4) is 17.6 Å². The van der Waals surface area contributed by atoms with E-state index in [1.807, 2.05) is 61.5 Å². The Balaban J connectivity index is 1.86. The molecular formula is C22H25N3O3. The van der Waals surface area contributed by atoms with Gasteiger partial charge in [0.05, 0.1) is 14.2 Å². The average Bonchev–Trinajstić information content (AvgIpc) is 2.74. The smallest absolute Gasteiger partial charge is 0.263 e. The monoisotopic (exact) mass is 379 g/mol. The predicted octanol–water partition coefficient (Wildman–Crippen LogP) is 3.12. The van der Waals surface area contributed by atoms with Crippen LogP contribution >= 0.6 is 0 Å². The van der Waals surface area contributed by atoms with Gasteiger partial charge in [-0.15, -0.1) is 0 Å². The van der Waals surface area contributed by atoms with Gasteiger partial charge in [0.1, 0.15) is 23.1 Å². The number of carbonyl (C=O) groups excluding carboxylic acids is 1. The highest BCUT2D eigenvalue weighted by atomic mass is 16.5. The zero-order chi connectivity index (χ0) is 20.4. The molecular weight excluding hydrogens is 354 g/mol. The number of benzene rings is 2. The molecule has 28 heavy (non-hydrogen) atoms. The summed E-state index contributed by atoms with van der Waals surface area (Å²) < 4.78 is 10.3. The molecule has 0 aromatic heterocycles. The number of ether oxygens (including phenoxy) is 2. The number of nitrogens with one attached hydrogen (secondary N) is 2. The lowest BCUT2D eigenvalue weighted by Crippen LogP contribution is -2.28. The highest BCUT2D eigenvalue weighted by Crippen LogP contribution is 2.17. The van der Waals surface area contributed by atoms with E-state index >= 15 is 0 Å². The van der Waals surface area contributed by atoms with E-state index in [1.165, 1.54) is 6.20 Å². The van der Waals surface area contributed by atoms with Crippen molar-refractivity contribution in [2.45, 2.75) is 19.4 Å². The summed E-state index contributed by atoms with van der Waals surface area (Å²) in [4.78, 5) is 12.2. The lowest BCUT2D eigenvalue weighted by atomic mass is 10.1. The minimum Gasteiger partial charge on any atom is -0.497 e. The molecule has 0 fully saturated rings. The van der Waals surface area contributed by atoms with Crippen molar-refractivity contribution in [1.82, 2.24) is 10.6 Å². The first-order chi connectivity index (χ1) is 13.6. The van der Waals surface area contributed by atoms with Crippen molar-refractivity contribution in [3.05, 3.63) is 71.4 Å². The molecule has 0 spiro atoms. The van der Waals surface area contributed by atoms with E-state index < -0.39 is 5.91 Å². The maximum atomic E-state index is 12.2. The summed E-state index contributed by atoms with van der Waals surface area (Å²) in [6, 6.07) is 17.1. The number of methoxy groups -OCH3 is 2. The second-order valence-electron chi connectivity index (χ2n) is 6.19. The van der Waals surface area contributed by atoms with Crippen LogP contribution < -0.4 is 20.1 Å². The second kappa shape index (κ2) is 10.6. The summed E-state index contributed by atoms with van der Waals surface area (Å²) in [6.45, 7) is 2.40. The molecule has 0 saturated heterocycles. The Bertz CT molecular complexity index is 837. The molecule has 6 heteroatoms. The van der Waals surface area contributed by atoms with Crippen LogP contribution in [0, 0.1) is 11.3 Å². The van der Waals surface area contributed by atoms with Crippen molar-refractivity contribution in [2.24, 2.45) is 0 Å². The molecule has 0 bridgehead atoms. The lowest BCUT2D eigenvalue weighted by molar-refractivity contribution is -0.117. The van der Waals surface area contributed by atoms with E-state index in [1.54, 1.807) is 14.2 Å². The van der Waals surface area contributed by atoms with Crippen LogP contribution in [0.4, 0.5) is 0 Å². The molecule has 1 amide bonds. The van der Waals surface area contributed by atoms with Crippen LogP contribution in [0.1, 0.15) is 24.1 Å². The SMILES string of the molecule is COc1ccc(CCNC(=O)/C(C#N)=C\NC(C)c2ccc(OC)cc2)cc1. The van der Waals surface area contributed by atoms with E-state index in [-0.39, 0.29) is 11.6 Å². The van der Waals surface area contributed by atoms with Crippen LogP contribution in [0.15, 0.2) is 60.3 Å². The van der Waals surface area contributed by atoms with Crippen molar-refractivity contribution in [1.29, 1.82) is 5.26 Å². The molecule has 1 unspecified atom stereocenters. The molecule has 6 nitrogen and oxygen atoms in total. The van der Waals surface area contributed by atoms with Gasteiger partial charge in [-0.1, -0.05) is 24.3 Å². The molecule has 0 heterocycles. The molecule has 2 aromatic carbocycles. The molecule has 2 aromatic rings. The first-order valence-corrected chi connectivity index (χ1v) is 8.98. The molecule has 0 aliphatic rings. The normalized spacial score (nSPS) is 11.9. The quantitative estimate of drug-likeness (QED) is 0.517. The summed E-state index contributed by atoms with van der Waals surface area (Å²) in [7, 11) is 3.24. The fraction of sp³-hybridized carbons (Fsp3) is 0.273. The lowest BCUT2D eigenvalue weighted by Gasteiger charge is -2.13. The van der Waals surface area contributed by atoms with Gasteiger partial charge in [0.2, 0.25) is 0 Å². The van der Waals surface area contributed by atoms with Gasteiger partial charge in [-0.3, -0.25) is 4.79 Å². The molecule has 2 N–H and O–H groups in total. The number of nitriles is 1. The highest BCUT2D eigenvalue weighted by molar-refractivity contribution is 5.97. The van der Waals surface area contributed by atoms with E-state index in [4.69, 9.17) is 9.47 Å². The van der Waals surface area contributed by atoms with Crippen LogP contribution in [-0.4, -0.2) is 26.7 Å². The number of amides is 1. The number of rotatable bonds is 9. The maximum Gasteiger partial charge on any atom is 0.263 e. The number of nitrogens with zero attached hydrogens (tertiary/aromatic N) is 1. The molecule has 0 aliphatic carbocycles. The summed E-state index contributed by atoms with van der Waals surface area (Å²) in [5, 5.41) is 15.1. The summed E-state index contributed by atoms with van der Waals surface area (Å²) in [5.74, 6) is 1.17. The fourth-order valence-electron chi connectivity index (χ4n) is 2.55. The molecule has 0 aliphatic heterocycles. The number of hydrogen-bond donors (Lipinski definition) is 2. The first-order valence-electron chi connectivity index (χ1n) is 8.98. The minimum atomic E-state index is -0.398. The topological polar surface area (TPSA) is 83.4 Å². The van der Waals surface area contributed by atoms with Crippen LogP contribution in [0.3, 0.4) is 0 Å². The van der Waals surface area contributed by atoms with Crippen LogP contribution in [0.25, 0.3) is 0 Å². The zero-order valence-corrected chi connectivity index (χ0v) is 16.4. The van der Waals surface area contributed by atoms with Gasteiger partial charge >= 0.3 is 0 Å². The largest absolute Gasteiger partial charge is 0.497 e. The number of hydrogen-bond acceptors (Lipinski definition) is 5. The molecule has 0 saturated carbocycles. The van der Waals surface area contributed by atoms with Crippen molar-refractivity contribution >= 4 is 5.91 Å². The molecule has 1 atom stereocenters. The fourth-order valence-corrected chi connectivity index (χ4v) is 2.55. The van der Waals surface area contributed by atoms with E-state index in [0.29, 0.717) is 13.0 Å². The molecule has 2 rings (SSSR count). The Morgan fingerprint density at radius 2 is 1.64 bits per heavy atom. The van der Waals surface area contributed by atoms with Gasteiger partial charge in [0.15, 0.2) is 0 Å². The van der Waals surface area contributed by atoms with Gasteiger partial charge in [-0.05, 0) is 48.7 Å². The van der Waals surface area contributed by atoms with Crippen LogP contribution in [-0.2, 0) is 11.2 Å². The third kappa shape index (κ3) is 6.06. The Kier molecular flexibility index (Phi) is 7.92. The van der Waals surface area contributed by atoms with Crippen LogP contribution in [0.2, 0.25) is 0 Å². The summed E-state index contributed by atoms with van der Waals surface area (Å²) >= 11 is 0. The van der Waals surface area contributed by atoms with Gasteiger partial charge in [0.25, 0.3) is 5.91 Å². The zero-order valence-electron chi connectivity index (χ0n) is 16.4. The maximum absolute atomic E-state index is 12.2. The van der Waals surface area contributed by atoms with E-state index in [9.17, 15) is 10.1 Å². The van der Waals surface area contributed by atoms with Crippen molar-refractivity contribution in [2.75, 3.05) is 20.8 Å². The Morgan fingerprint density at radius 3 is 2.18 bits per heavy atom. The Labute approximate surface area is 165 Å². The average molecular weight is 379 g/mol. The Hall–Kier alpha value is -3.46. The van der Waals surface area contributed by atoms with E-state index in [2.05, 4.69) is 10.6 Å². The third-order valence-corrected chi connectivity index (χ3v) is 4.32. The minimum absolute atomic E-state index is 0.0371. The van der Waals surface area contributed by atoms with Gasteiger partial charge < -0.3 is 20.1 Å². The van der Waals surface area contributed by atoms with Gasteiger partial charge in [-0.25, -0.2) is 0 Å². The van der Waals surface area contributed by atoms with E-state index in [0.717, 1.165) is 22.6 Å². The molecule has 0 radical (unpaired) electrons. The van der Waals surface area contributed by atoms with Gasteiger partial charge in [-0.2, -0.15) is 5.26 Å². The standard InChI is InChI=1S/C22H25N3O3/c1-16(18-6-10-21(28-3)11-7-18)25-15-19(14-23)22(26)24-13-12-17-4-8-20(27-2)9-5-17/h4-11,15-16,25H,12-13H2,1-3H3,(H,24,26)/b19-15-. The predicted molar refractivity (Wildman–Crippen MR) is 108 cm³/mol. The Morgan fingerprint density at radius 1 is 1.07 bits per heavy atom. The third-order valence-electron chi connectivity index (χ3n) is 4.32.